The molecule has 0 aromatic heterocycles. The molecule has 1 radical (unpaired) electrons. The van der Waals surface area contributed by atoms with Crippen molar-refractivity contribution in [1.29, 1.82) is 0 Å². The molecular weight excluding hydrogens is 194 g/mol. The van der Waals surface area contributed by atoms with E-state index in [1.807, 2.05) is 0 Å². The van der Waals surface area contributed by atoms with Gasteiger partial charge in [-0.3, -0.25) is 0 Å². The van der Waals surface area contributed by atoms with Gasteiger partial charge in [0.15, 0.2) is 0 Å². The van der Waals surface area contributed by atoms with Crippen LogP contribution in [0.4, 0.5) is 0 Å². The van der Waals surface area contributed by atoms with Crippen molar-refractivity contribution in [3.05, 3.63) is 0 Å². The van der Waals surface area contributed by atoms with E-state index in [4.69, 9.17) is 0 Å². The first-order chi connectivity index (χ1) is 2.94. The van der Waals surface area contributed by atoms with Crippen LogP contribution in [0.2, 0.25) is 18.5 Å². The topological polar surface area (TPSA) is 0 Å². The van der Waals surface area contributed by atoms with E-state index >= 15 is 0 Å². The summed E-state index contributed by atoms with van der Waals surface area (Å²) in [6.45, 7) is 4.68. The normalized spacial score (nSPS) is 12.9. The third-order valence-corrected chi connectivity index (χ3v) is 10.4. The predicted molar refractivity (Wildman–Crippen MR) is 38.4 cm³/mol. The Labute approximate surface area is 51.3 Å². The molecule has 0 rings (SSSR count). The Morgan fingerprint density at radius 2 is 1.14 bits per heavy atom. The summed E-state index contributed by atoms with van der Waals surface area (Å²) in [5.41, 5.74) is 0. The van der Waals surface area contributed by atoms with Crippen molar-refractivity contribution in [1.82, 2.24) is 0 Å². The molecule has 0 heterocycles. The first kappa shape index (κ1) is 7.82. The van der Waals surface area contributed by atoms with Crippen LogP contribution in [-0.4, -0.2) is 18.8 Å². The molecule has 7 heavy (non-hydrogen) atoms. The summed E-state index contributed by atoms with van der Waals surface area (Å²) in [5, 5.41) is 0. The number of hydrogen-bond acceptors (Lipinski definition) is 0. The van der Waals surface area contributed by atoms with E-state index in [-0.39, 0.29) is 0 Å². The zero-order chi connectivity index (χ0) is 6.08. The van der Waals surface area contributed by atoms with Crippen molar-refractivity contribution in [3.8, 4) is 0 Å². The van der Waals surface area contributed by atoms with Crippen molar-refractivity contribution in [3.63, 3.8) is 0 Å². The maximum absolute atomic E-state index is 2.46. The van der Waals surface area contributed by atoms with E-state index in [0.29, 0.717) is 0 Å². The van der Waals surface area contributed by atoms with Crippen LogP contribution in [0.5, 0.6) is 0 Å². The Balaban J connectivity index is 3.54. The van der Waals surface area contributed by atoms with Gasteiger partial charge >= 0.3 is 51.1 Å². The van der Waals surface area contributed by atoms with E-state index in [1.54, 1.807) is 0 Å². The molecule has 0 aliphatic carbocycles. The van der Waals surface area contributed by atoms with Gasteiger partial charge in [-0.2, -0.15) is 0 Å². The molecule has 0 aliphatic heterocycles. The molecule has 0 unspecified atom stereocenters. The molecule has 0 saturated carbocycles. The van der Waals surface area contributed by atoms with Gasteiger partial charge in [-0.1, -0.05) is 0 Å². The van der Waals surface area contributed by atoms with Crippen LogP contribution < -0.4 is 0 Å². The summed E-state index contributed by atoms with van der Waals surface area (Å²) in [5.74, 6) is 0. The molecule has 45 valence electrons. The van der Waals surface area contributed by atoms with Crippen molar-refractivity contribution in [2.45, 2.75) is 32.3 Å². The Kier molecular flexibility index (Phi) is 2.67. The second-order valence-electron chi connectivity index (χ2n) is 3.21. The van der Waals surface area contributed by atoms with Gasteiger partial charge in [0, 0.05) is 0 Å². The number of rotatable bonds is 1. The molecule has 0 nitrogen and oxygen atoms in total. The van der Waals surface area contributed by atoms with Gasteiger partial charge < -0.3 is 0 Å². The first-order valence-electron chi connectivity index (χ1n) is 2.75. The van der Waals surface area contributed by atoms with Gasteiger partial charge in [0.1, 0.15) is 0 Å². The summed E-state index contributed by atoms with van der Waals surface area (Å²) in [7, 11) is 0. The molecule has 0 spiro atoms. The van der Waals surface area contributed by atoms with Crippen LogP contribution in [-0.2, 0) is 0 Å². The van der Waals surface area contributed by atoms with E-state index < -0.39 is 18.8 Å². The van der Waals surface area contributed by atoms with Crippen LogP contribution in [0.15, 0.2) is 0 Å². The SMILES string of the molecule is C[CH](C)[Sb]([CH3])([CH3])[CH3]. The van der Waals surface area contributed by atoms with E-state index in [0.717, 1.165) is 3.86 Å². The third-order valence-electron chi connectivity index (χ3n) is 1.55. The zero-order valence-corrected chi connectivity index (χ0v) is 8.58. The molecule has 0 N–H and O–H groups in total. The van der Waals surface area contributed by atoms with Gasteiger partial charge in [-0.15, -0.1) is 0 Å². The molecule has 0 amide bonds. The average Bonchev–Trinajstić information content (AvgIpc) is 1.31. The van der Waals surface area contributed by atoms with Crippen LogP contribution in [0.3, 0.4) is 0 Å². The summed E-state index contributed by atoms with van der Waals surface area (Å²) < 4.78 is 0.999. The third kappa shape index (κ3) is 3.40. The fourth-order valence-electron chi connectivity index (χ4n) is 0. The van der Waals surface area contributed by atoms with Crippen molar-refractivity contribution < 1.29 is 0 Å². The van der Waals surface area contributed by atoms with Crippen LogP contribution in [0.1, 0.15) is 13.8 Å². The Bertz CT molecular complexity index is 49.7. The van der Waals surface area contributed by atoms with Crippen molar-refractivity contribution in [2.24, 2.45) is 0 Å². The molecule has 0 aliphatic rings. The van der Waals surface area contributed by atoms with Gasteiger partial charge in [0.25, 0.3) is 0 Å². The monoisotopic (exact) mass is 209 g/mol. The second-order valence-corrected chi connectivity index (χ2v) is 18.2. The molecule has 0 fully saturated rings. The molecule has 0 saturated heterocycles. The van der Waals surface area contributed by atoms with Gasteiger partial charge in [-0.25, -0.2) is 0 Å². The maximum atomic E-state index is 2.46. The zero-order valence-electron chi connectivity index (χ0n) is 6.02. The van der Waals surface area contributed by atoms with Crippen molar-refractivity contribution >= 4 is 18.8 Å². The standard InChI is InChI=1S/C3H7.3CH3.Sb/c1-3-2;;;;/h3H,1-2H3;3*1H3;. The minimum atomic E-state index is -1.28. The van der Waals surface area contributed by atoms with Gasteiger partial charge in [0.05, 0.1) is 0 Å². The summed E-state index contributed by atoms with van der Waals surface area (Å²) in [6.07, 6.45) is 0. The van der Waals surface area contributed by atoms with Crippen LogP contribution in [0, 0.1) is 0 Å². The second kappa shape index (κ2) is 2.39. The molecule has 1 heteroatoms. The fraction of sp³-hybridized carbons (Fsp3) is 1.00. The molecule has 0 atom stereocenters. The average molecular weight is 210 g/mol. The van der Waals surface area contributed by atoms with Gasteiger partial charge in [0.2, 0.25) is 0 Å². The minimum absolute atomic E-state index is 0.999. The Morgan fingerprint density at radius 3 is 1.14 bits per heavy atom. The summed E-state index contributed by atoms with van der Waals surface area (Å²) >= 11 is -1.28. The van der Waals surface area contributed by atoms with E-state index in [9.17, 15) is 0 Å². The molecular formula is C6H16Sb. The van der Waals surface area contributed by atoms with E-state index in [2.05, 4.69) is 28.5 Å². The molecule has 0 aromatic carbocycles. The summed E-state index contributed by atoms with van der Waals surface area (Å²) in [6, 6.07) is 0. The predicted octanol–water partition coefficient (Wildman–Crippen LogP) is 2.73. The molecule has 0 aromatic rings. The van der Waals surface area contributed by atoms with Crippen molar-refractivity contribution in [2.75, 3.05) is 0 Å². The van der Waals surface area contributed by atoms with Crippen LogP contribution >= 0.6 is 0 Å². The quantitative estimate of drug-likeness (QED) is 0.583. The first-order valence-corrected chi connectivity index (χ1v) is 11.9. The Morgan fingerprint density at radius 1 is 1.00 bits per heavy atom. The molecule has 0 bridgehead atoms. The van der Waals surface area contributed by atoms with Crippen LogP contribution in [0.25, 0.3) is 0 Å². The van der Waals surface area contributed by atoms with Gasteiger partial charge in [-0.05, 0) is 0 Å². The number of hydrogen-bond donors (Lipinski definition) is 0. The van der Waals surface area contributed by atoms with E-state index in [1.165, 1.54) is 0 Å². The Hall–Kier alpha value is 0.818. The summed E-state index contributed by atoms with van der Waals surface area (Å²) in [4.78, 5) is 7.38. The fourth-order valence-corrected chi connectivity index (χ4v) is 0.